The van der Waals surface area contributed by atoms with Crippen LogP contribution in [0.4, 0.5) is 5.69 Å². The smallest absolute Gasteiger partial charge is 0.238 e. The first-order valence-electron chi connectivity index (χ1n) is 7.35. The van der Waals surface area contributed by atoms with Crippen molar-refractivity contribution in [3.63, 3.8) is 0 Å². The molecule has 0 radical (unpaired) electrons. The highest BCUT2D eigenvalue weighted by molar-refractivity contribution is 6.30. The summed E-state index contributed by atoms with van der Waals surface area (Å²) >= 11 is 5.96. The summed E-state index contributed by atoms with van der Waals surface area (Å²) in [4.78, 5) is 23.4. The molecule has 5 heteroatoms. The maximum Gasteiger partial charge on any atom is 0.238 e. The second kappa shape index (κ2) is 7.90. The number of Topliss-reactive ketones (excluding diaryl/α,β-unsaturated/α-hetero) is 1. The summed E-state index contributed by atoms with van der Waals surface area (Å²) in [6.45, 7) is 3.63. The summed E-state index contributed by atoms with van der Waals surface area (Å²) < 4.78 is 0. The number of carbonyl (C=O) groups is 2. The summed E-state index contributed by atoms with van der Waals surface area (Å²) in [6, 6.07) is 14.4. The first-order chi connectivity index (χ1) is 11.0. The molecule has 0 aliphatic carbocycles. The number of hydrogen-bond donors (Lipinski definition) is 2. The number of rotatable bonds is 6. The molecule has 0 saturated heterocycles. The molecule has 120 valence electrons. The molecule has 0 aliphatic heterocycles. The van der Waals surface area contributed by atoms with Gasteiger partial charge in [-0.25, -0.2) is 0 Å². The number of benzene rings is 2. The molecule has 0 bridgehead atoms. The van der Waals surface area contributed by atoms with Gasteiger partial charge in [-0.1, -0.05) is 35.9 Å². The topological polar surface area (TPSA) is 58.2 Å². The lowest BCUT2D eigenvalue weighted by atomic mass is 10.1. The molecular formula is C18H19ClN2O2. The zero-order valence-electron chi connectivity index (χ0n) is 13.1. The number of hydrogen-bond acceptors (Lipinski definition) is 3. The zero-order valence-corrected chi connectivity index (χ0v) is 13.9. The highest BCUT2D eigenvalue weighted by Gasteiger charge is 2.09. The lowest BCUT2D eigenvalue weighted by molar-refractivity contribution is -0.115. The van der Waals surface area contributed by atoms with E-state index in [4.69, 9.17) is 11.6 Å². The van der Waals surface area contributed by atoms with Crippen molar-refractivity contribution in [2.75, 3.05) is 11.9 Å². The lowest BCUT2D eigenvalue weighted by Crippen LogP contribution is -2.30. The van der Waals surface area contributed by atoms with E-state index in [0.29, 0.717) is 16.3 Å². The van der Waals surface area contributed by atoms with Crippen LogP contribution in [0.3, 0.4) is 0 Å². The Balaban J connectivity index is 1.90. The van der Waals surface area contributed by atoms with Gasteiger partial charge in [-0.05, 0) is 43.7 Å². The van der Waals surface area contributed by atoms with Gasteiger partial charge in [-0.3, -0.25) is 9.59 Å². The molecule has 23 heavy (non-hydrogen) atoms. The van der Waals surface area contributed by atoms with E-state index >= 15 is 0 Å². The van der Waals surface area contributed by atoms with E-state index in [1.807, 2.05) is 31.2 Å². The Labute approximate surface area is 140 Å². The van der Waals surface area contributed by atoms with Crippen molar-refractivity contribution in [2.45, 2.75) is 19.9 Å². The van der Waals surface area contributed by atoms with E-state index in [1.54, 1.807) is 24.3 Å². The SMILES string of the molecule is CC(=O)c1cccc(NC(=O)CN[C@H](C)c2cccc(Cl)c2)c1. The Hall–Kier alpha value is -2.17. The van der Waals surface area contributed by atoms with Gasteiger partial charge in [0, 0.05) is 22.3 Å². The van der Waals surface area contributed by atoms with Crippen molar-refractivity contribution in [3.8, 4) is 0 Å². The van der Waals surface area contributed by atoms with Crippen LogP contribution < -0.4 is 10.6 Å². The number of ketones is 1. The largest absolute Gasteiger partial charge is 0.325 e. The van der Waals surface area contributed by atoms with Crippen LogP contribution in [0.25, 0.3) is 0 Å². The molecule has 0 unspecified atom stereocenters. The molecule has 2 aromatic rings. The van der Waals surface area contributed by atoms with Crippen LogP contribution in [0, 0.1) is 0 Å². The van der Waals surface area contributed by atoms with Gasteiger partial charge in [0.05, 0.1) is 6.54 Å². The normalized spacial score (nSPS) is 11.8. The summed E-state index contributed by atoms with van der Waals surface area (Å²) in [6.07, 6.45) is 0. The van der Waals surface area contributed by atoms with E-state index in [0.717, 1.165) is 5.56 Å². The molecule has 2 rings (SSSR count). The van der Waals surface area contributed by atoms with Crippen molar-refractivity contribution in [1.82, 2.24) is 5.32 Å². The van der Waals surface area contributed by atoms with E-state index in [2.05, 4.69) is 10.6 Å². The minimum atomic E-state index is -0.167. The van der Waals surface area contributed by atoms with Crippen LogP contribution in [-0.2, 0) is 4.79 Å². The first-order valence-corrected chi connectivity index (χ1v) is 7.73. The van der Waals surface area contributed by atoms with Crippen LogP contribution in [-0.4, -0.2) is 18.2 Å². The van der Waals surface area contributed by atoms with E-state index in [9.17, 15) is 9.59 Å². The monoisotopic (exact) mass is 330 g/mol. The maximum atomic E-state index is 12.0. The number of nitrogens with one attached hydrogen (secondary N) is 2. The van der Waals surface area contributed by atoms with Crippen LogP contribution >= 0.6 is 11.6 Å². The third-order valence-corrected chi connectivity index (χ3v) is 3.71. The predicted octanol–water partition coefficient (Wildman–Crippen LogP) is 3.83. The van der Waals surface area contributed by atoms with Crippen LogP contribution in [0.2, 0.25) is 5.02 Å². The molecule has 0 aromatic heterocycles. The fraction of sp³-hybridized carbons (Fsp3) is 0.222. The maximum absolute atomic E-state index is 12.0. The van der Waals surface area contributed by atoms with Gasteiger partial charge in [-0.2, -0.15) is 0 Å². The number of halogens is 1. The van der Waals surface area contributed by atoms with Crippen molar-refractivity contribution in [3.05, 3.63) is 64.7 Å². The molecule has 0 spiro atoms. The summed E-state index contributed by atoms with van der Waals surface area (Å²) in [5.74, 6) is -0.201. The second-order valence-electron chi connectivity index (χ2n) is 5.34. The minimum absolute atomic E-state index is 0.00278. The van der Waals surface area contributed by atoms with Crippen molar-refractivity contribution < 1.29 is 9.59 Å². The molecule has 2 aromatic carbocycles. The van der Waals surface area contributed by atoms with Gasteiger partial charge >= 0.3 is 0 Å². The van der Waals surface area contributed by atoms with Crippen LogP contribution in [0.15, 0.2) is 48.5 Å². The Morgan fingerprint density at radius 2 is 1.87 bits per heavy atom. The molecule has 2 N–H and O–H groups in total. The van der Waals surface area contributed by atoms with Crippen LogP contribution in [0.1, 0.15) is 35.8 Å². The quantitative estimate of drug-likeness (QED) is 0.791. The fourth-order valence-electron chi connectivity index (χ4n) is 2.16. The fourth-order valence-corrected chi connectivity index (χ4v) is 2.36. The van der Waals surface area contributed by atoms with Gasteiger partial charge in [-0.15, -0.1) is 0 Å². The van der Waals surface area contributed by atoms with Crippen molar-refractivity contribution in [1.29, 1.82) is 0 Å². The van der Waals surface area contributed by atoms with Crippen molar-refractivity contribution >= 4 is 29.0 Å². The molecule has 4 nitrogen and oxygen atoms in total. The van der Waals surface area contributed by atoms with E-state index < -0.39 is 0 Å². The average Bonchev–Trinajstić information content (AvgIpc) is 2.53. The van der Waals surface area contributed by atoms with Gasteiger partial charge in [0.25, 0.3) is 0 Å². The molecule has 0 heterocycles. The van der Waals surface area contributed by atoms with Gasteiger partial charge in [0.1, 0.15) is 0 Å². The number of amides is 1. The van der Waals surface area contributed by atoms with Gasteiger partial charge < -0.3 is 10.6 Å². The number of carbonyl (C=O) groups excluding carboxylic acids is 2. The van der Waals surface area contributed by atoms with E-state index in [1.165, 1.54) is 6.92 Å². The average molecular weight is 331 g/mol. The number of anilines is 1. The van der Waals surface area contributed by atoms with Crippen LogP contribution in [0.5, 0.6) is 0 Å². The Kier molecular flexibility index (Phi) is 5.90. The third kappa shape index (κ3) is 5.20. The Bertz CT molecular complexity index is 716. The molecule has 1 amide bonds. The standard InChI is InChI=1S/C18H19ClN2O2/c1-12(14-5-3-7-16(19)9-14)20-11-18(23)21-17-8-4-6-15(10-17)13(2)22/h3-10,12,20H,11H2,1-2H3,(H,21,23)/t12-/m1/s1. The molecule has 0 saturated carbocycles. The highest BCUT2D eigenvalue weighted by atomic mass is 35.5. The van der Waals surface area contributed by atoms with Crippen molar-refractivity contribution in [2.24, 2.45) is 0 Å². The minimum Gasteiger partial charge on any atom is -0.325 e. The molecular weight excluding hydrogens is 312 g/mol. The first kappa shape index (κ1) is 17.2. The molecule has 0 aliphatic rings. The Morgan fingerprint density at radius 3 is 2.57 bits per heavy atom. The summed E-state index contributed by atoms with van der Waals surface area (Å²) in [7, 11) is 0. The van der Waals surface area contributed by atoms with E-state index in [-0.39, 0.29) is 24.3 Å². The third-order valence-electron chi connectivity index (χ3n) is 3.47. The molecule has 0 fully saturated rings. The van der Waals surface area contributed by atoms with Gasteiger partial charge in [0.2, 0.25) is 5.91 Å². The zero-order chi connectivity index (χ0) is 16.8. The summed E-state index contributed by atoms with van der Waals surface area (Å²) in [5.41, 5.74) is 2.20. The second-order valence-corrected chi connectivity index (χ2v) is 5.78. The predicted molar refractivity (Wildman–Crippen MR) is 92.9 cm³/mol. The van der Waals surface area contributed by atoms with Gasteiger partial charge in [0.15, 0.2) is 5.78 Å². The highest BCUT2D eigenvalue weighted by Crippen LogP contribution is 2.17. The molecule has 1 atom stereocenters. The summed E-state index contributed by atoms with van der Waals surface area (Å²) in [5, 5.41) is 6.59. The Morgan fingerprint density at radius 1 is 1.13 bits per heavy atom. The lowest BCUT2D eigenvalue weighted by Gasteiger charge is -2.14.